The Morgan fingerprint density at radius 3 is 2.29 bits per heavy atom. The number of hydrogen-bond acceptors (Lipinski definition) is 4. The van der Waals surface area contributed by atoms with Crippen molar-refractivity contribution < 1.29 is 4.74 Å². The van der Waals surface area contributed by atoms with Crippen molar-refractivity contribution >= 4 is 17.3 Å². The molecule has 3 rings (SSSR count). The highest BCUT2D eigenvalue weighted by Crippen LogP contribution is 2.33. The first kappa shape index (κ1) is 17.4. The third-order valence-electron chi connectivity index (χ3n) is 5.32. The number of benzene rings is 1. The third-order valence-corrected chi connectivity index (χ3v) is 5.64. The van der Waals surface area contributed by atoms with Crippen LogP contribution in [-0.2, 0) is 0 Å². The maximum atomic E-state index is 9.12. The summed E-state index contributed by atoms with van der Waals surface area (Å²) in [5.41, 5.74) is 1.33. The lowest BCUT2D eigenvalue weighted by Crippen LogP contribution is -2.41. The van der Waals surface area contributed by atoms with Gasteiger partial charge in [-0.2, -0.15) is 5.26 Å². The molecule has 2 aliphatic carbocycles. The molecule has 0 bridgehead atoms. The van der Waals surface area contributed by atoms with E-state index in [9.17, 15) is 0 Å². The fourth-order valence-electron chi connectivity index (χ4n) is 3.97. The molecule has 0 heterocycles. The van der Waals surface area contributed by atoms with Gasteiger partial charge in [-0.1, -0.05) is 24.4 Å². The van der Waals surface area contributed by atoms with Gasteiger partial charge in [-0.3, -0.25) is 0 Å². The molecule has 2 fully saturated rings. The zero-order valence-electron chi connectivity index (χ0n) is 14.3. The minimum atomic E-state index is 0.432. The first-order chi connectivity index (χ1) is 11.7. The average Bonchev–Trinajstić information content (AvgIpc) is 3.11. The van der Waals surface area contributed by atoms with Crippen LogP contribution in [0.4, 0.5) is 5.69 Å². The zero-order valence-corrected chi connectivity index (χ0v) is 15.0. The molecular weight excluding hydrogens is 322 g/mol. The number of nitrogens with zero attached hydrogens (tertiary/aromatic N) is 1. The van der Waals surface area contributed by atoms with Crippen molar-refractivity contribution in [2.24, 2.45) is 0 Å². The van der Waals surface area contributed by atoms with Crippen molar-refractivity contribution in [2.75, 3.05) is 12.4 Å². The first-order valence-electron chi connectivity index (χ1n) is 9.00. The van der Waals surface area contributed by atoms with Crippen LogP contribution in [0.3, 0.4) is 0 Å². The molecule has 0 aliphatic heterocycles. The lowest BCUT2D eigenvalue weighted by atomic mass is 9.90. The molecule has 1 aromatic carbocycles. The molecule has 2 aliphatic rings. The zero-order chi connectivity index (χ0) is 16.9. The summed E-state index contributed by atoms with van der Waals surface area (Å²) in [7, 11) is 1.58. The Morgan fingerprint density at radius 2 is 1.67 bits per heavy atom. The van der Waals surface area contributed by atoms with Crippen LogP contribution >= 0.6 is 11.6 Å². The van der Waals surface area contributed by atoms with Crippen LogP contribution in [0, 0.1) is 11.3 Å². The van der Waals surface area contributed by atoms with Gasteiger partial charge in [-0.15, -0.1) is 0 Å². The highest BCUT2D eigenvalue weighted by Gasteiger charge is 2.25. The Labute approximate surface area is 149 Å². The lowest BCUT2D eigenvalue weighted by molar-refractivity contribution is 0.323. The Balaban J connectivity index is 1.55. The van der Waals surface area contributed by atoms with Gasteiger partial charge in [0.2, 0.25) is 0 Å². The highest BCUT2D eigenvalue weighted by atomic mass is 35.5. The van der Waals surface area contributed by atoms with Gasteiger partial charge in [0.15, 0.2) is 0 Å². The average molecular weight is 348 g/mol. The number of hydrogen-bond donors (Lipinski definition) is 2. The van der Waals surface area contributed by atoms with E-state index < -0.39 is 0 Å². The topological polar surface area (TPSA) is 57.1 Å². The SMILES string of the molecule is COc1cc(N[C@H]2CC[C@H](NC3CCCC3)CC2)c(Cl)cc1C#N. The van der Waals surface area contributed by atoms with Gasteiger partial charge in [-0.25, -0.2) is 0 Å². The van der Waals surface area contributed by atoms with Gasteiger partial charge >= 0.3 is 0 Å². The standard InChI is InChI=1S/C19H26ClN3O/c1-24-19-11-18(17(20)10-13(19)12-21)23-16-8-6-15(7-9-16)22-14-4-2-3-5-14/h10-11,14-16,22-23H,2-9H2,1H3/t15-,16-. The molecular formula is C19H26ClN3O. The van der Waals surface area contributed by atoms with Crippen LogP contribution in [0.15, 0.2) is 12.1 Å². The molecule has 0 saturated heterocycles. The monoisotopic (exact) mass is 347 g/mol. The fourth-order valence-corrected chi connectivity index (χ4v) is 4.19. The summed E-state index contributed by atoms with van der Waals surface area (Å²) in [5, 5.41) is 17.1. The molecule has 0 radical (unpaired) electrons. The van der Waals surface area contributed by atoms with Crippen molar-refractivity contribution in [3.8, 4) is 11.8 Å². The van der Waals surface area contributed by atoms with Crippen molar-refractivity contribution in [3.63, 3.8) is 0 Å². The van der Waals surface area contributed by atoms with Crippen molar-refractivity contribution in [3.05, 3.63) is 22.7 Å². The van der Waals surface area contributed by atoms with Crippen LogP contribution < -0.4 is 15.4 Å². The van der Waals surface area contributed by atoms with Gasteiger partial charge in [-0.05, 0) is 44.6 Å². The van der Waals surface area contributed by atoms with Crippen LogP contribution in [0.1, 0.15) is 56.9 Å². The largest absolute Gasteiger partial charge is 0.495 e. The number of nitriles is 1. The summed E-state index contributed by atoms with van der Waals surface area (Å²) < 4.78 is 5.28. The normalized spacial score (nSPS) is 24.5. The maximum Gasteiger partial charge on any atom is 0.138 e. The van der Waals surface area contributed by atoms with E-state index in [1.807, 2.05) is 6.07 Å². The van der Waals surface area contributed by atoms with Crippen molar-refractivity contribution in [1.82, 2.24) is 5.32 Å². The van der Waals surface area contributed by atoms with E-state index in [2.05, 4.69) is 16.7 Å². The van der Waals surface area contributed by atoms with Crippen LogP contribution in [0.2, 0.25) is 5.02 Å². The summed E-state index contributed by atoms with van der Waals surface area (Å²) >= 11 is 6.32. The first-order valence-corrected chi connectivity index (χ1v) is 9.37. The Morgan fingerprint density at radius 1 is 1.04 bits per heavy atom. The molecule has 0 spiro atoms. The molecule has 2 saturated carbocycles. The van der Waals surface area contributed by atoms with E-state index in [1.165, 1.54) is 38.5 Å². The predicted molar refractivity (Wildman–Crippen MR) is 97.8 cm³/mol. The summed E-state index contributed by atoms with van der Waals surface area (Å²) in [6.07, 6.45) is 10.2. The van der Waals surface area contributed by atoms with Gasteiger partial charge in [0.25, 0.3) is 0 Å². The van der Waals surface area contributed by atoms with Gasteiger partial charge in [0.05, 0.1) is 23.4 Å². The van der Waals surface area contributed by atoms with Crippen LogP contribution in [0.25, 0.3) is 0 Å². The fraction of sp³-hybridized carbons (Fsp3) is 0.632. The Bertz CT molecular complexity index is 599. The Hall–Kier alpha value is -1.44. The number of ether oxygens (including phenoxy) is 1. The number of nitrogens with one attached hydrogen (secondary N) is 2. The molecule has 0 atom stereocenters. The molecule has 24 heavy (non-hydrogen) atoms. The summed E-state index contributed by atoms with van der Waals surface area (Å²) in [4.78, 5) is 0. The molecule has 2 N–H and O–H groups in total. The second-order valence-corrected chi connectivity index (χ2v) is 7.39. The molecule has 0 unspecified atom stereocenters. The Kier molecular flexibility index (Phi) is 5.86. The number of anilines is 1. The number of methoxy groups -OCH3 is 1. The minimum absolute atomic E-state index is 0.432. The molecule has 1 aromatic rings. The highest BCUT2D eigenvalue weighted by molar-refractivity contribution is 6.33. The smallest absolute Gasteiger partial charge is 0.138 e. The van der Waals surface area contributed by atoms with Gasteiger partial charge in [0, 0.05) is 24.2 Å². The minimum Gasteiger partial charge on any atom is -0.495 e. The van der Waals surface area contributed by atoms with E-state index in [1.54, 1.807) is 13.2 Å². The molecule has 0 amide bonds. The van der Waals surface area contributed by atoms with Crippen LogP contribution in [0.5, 0.6) is 5.75 Å². The maximum absolute atomic E-state index is 9.12. The van der Waals surface area contributed by atoms with Gasteiger partial charge in [0.1, 0.15) is 11.8 Å². The van der Waals surface area contributed by atoms with Crippen molar-refractivity contribution in [2.45, 2.75) is 69.5 Å². The van der Waals surface area contributed by atoms with E-state index in [4.69, 9.17) is 21.6 Å². The molecule has 130 valence electrons. The predicted octanol–water partition coefficient (Wildman–Crippen LogP) is 4.48. The van der Waals surface area contributed by atoms with Crippen LogP contribution in [-0.4, -0.2) is 25.2 Å². The molecule has 4 nitrogen and oxygen atoms in total. The molecule has 5 heteroatoms. The second-order valence-electron chi connectivity index (χ2n) is 6.99. The molecule has 0 aromatic heterocycles. The van der Waals surface area contributed by atoms with E-state index in [0.29, 0.717) is 28.4 Å². The third kappa shape index (κ3) is 4.15. The van der Waals surface area contributed by atoms with E-state index in [-0.39, 0.29) is 0 Å². The number of halogens is 1. The van der Waals surface area contributed by atoms with E-state index in [0.717, 1.165) is 24.6 Å². The van der Waals surface area contributed by atoms with Gasteiger partial charge < -0.3 is 15.4 Å². The summed E-state index contributed by atoms with van der Waals surface area (Å²) in [6.45, 7) is 0. The van der Waals surface area contributed by atoms with E-state index >= 15 is 0 Å². The summed E-state index contributed by atoms with van der Waals surface area (Å²) in [5.74, 6) is 0.570. The lowest BCUT2D eigenvalue weighted by Gasteiger charge is -2.32. The second kappa shape index (κ2) is 8.09. The van der Waals surface area contributed by atoms with Crippen molar-refractivity contribution in [1.29, 1.82) is 5.26 Å². The summed E-state index contributed by atoms with van der Waals surface area (Å²) in [6, 6.07) is 7.47. The number of rotatable bonds is 5. The quantitative estimate of drug-likeness (QED) is 0.824.